The van der Waals surface area contributed by atoms with Crippen molar-refractivity contribution in [3.8, 4) is 11.5 Å². The molecule has 2 aromatic rings. The summed E-state index contributed by atoms with van der Waals surface area (Å²) in [6.07, 6.45) is 0. The summed E-state index contributed by atoms with van der Waals surface area (Å²) < 4.78 is 6.04. The maximum Gasteiger partial charge on any atom is 0.259 e. The fourth-order valence-corrected chi connectivity index (χ4v) is 1.68. The number of aliphatic hydroxyl groups excluding tert-OH is 1. The molecule has 5 heteroatoms. The molecule has 0 aliphatic carbocycles. The van der Waals surface area contributed by atoms with Gasteiger partial charge >= 0.3 is 0 Å². The number of hydrogen-bond acceptors (Lipinski definition) is 4. The Hall–Kier alpha value is -0.950. The minimum absolute atomic E-state index is 0.201. The molecular formula is C9H7IN2O2. The number of nitrogens with zero attached hydrogens (tertiary/aromatic N) is 2. The summed E-state index contributed by atoms with van der Waals surface area (Å²) in [4.78, 5) is 4.03. The second-order valence-corrected chi connectivity index (χ2v) is 3.82. The van der Waals surface area contributed by atoms with E-state index < -0.39 is 0 Å². The van der Waals surface area contributed by atoms with Crippen LogP contribution in [-0.2, 0) is 6.61 Å². The van der Waals surface area contributed by atoms with Gasteiger partial charge in [-0.25, -0.2) is 0 Å². The highest BCUT2D eigenvalue weighted by Crippen LogP contribution is 2.22. The van der Waals surface area contributed by atoms with Gasteiger partial charge in [0, 0.05) is 3.57 Å². The molecule has 0 saturated heterocycles. The van der Waals surface area contributed by atoms with Gasteiger partial charge in [-0.2, -0.15) is 4.98 Å². The molecule has 0 saturated carbocycles. The minimum Gasteiger partial charge on any atom is -0.388 e. The van der Waals surface area contributed by atoms with Crippen LogP contribution in [0.3, 0.4) is 0 Å². The molecule has 1 aromatic carbocycles. The van der Waals surface area contributed by atoms with E-state index in [-0.39, 0.29) is 6.61 Å². The van der Waals surface area contributed by atoms with Crippen molar-refractivity contribution in [3.05, 3.63) is 33.7 Å². The van der Waals surface area contributed by atoms with Crippen molar-refractivity contribution in [1.29, 1.82) is 0 Å². The van der Waals surface area contributed by atoms with Crippen molar-refractivity contribution >= 4 is 22.6 Å². The van der Waals surface area contributed by atoms with Crippen LogP contribution in [0.5, 0.6) is 0 Å². The van der Waals surface area contributed by atoms with E-state index >= 15 is 0 Å². The Labute approximate surface area is 94.1 Å². The highest BCUT2D eigenvalue weighted by atomic mass is 127. The average Bonchev–Trinajstić information content (AvgIpc) is 2.67. The molecule has 0 bridgehead atoms. The van der Waals surface area contributed by atoms with Crippen LogP contribution in [0.25, 0.3) is 11.5 Å². The molecule has 14 heavy (non-hydrogen) atoms. The van der Waals surface area contributed by atoms with Crippen LogP contribution in [0.2, 0.25) is 0 Å². The van der Waals surface area contributed by atoms with Gasteiger partial charge in [0.05, 0.1) is 5.56 Å². The smallest absolute Gasteiger partial charge is 0.259 e. The van der Waals surface area contributed by atoms with Gasteiger partial charge in [0.25, 0.3) is 5.89 Å². The van der Waals surface area contributed by atoms with Crippen molar-refractivity contribution in [2.24, 2.45) is 0 Å². The molecule has 2 rings (SSSR count). The zero-order chi connectivity index (χ0) is 9.97. The van der Waals surface area contributed by atoms with Crippen LogP contribution in [-0.4, -0.2) is 15.2 Å². The van der Waals surface area contributed by atoms with Gasteiger partial charge in [0.2, 0.25) is 0 Å². The van der Waals surface area contributed by atoms with Crippen LogP contribution in [0.1, 0.15) is 5.82 Å². The largest absolute Gasteiger partial charge is 0.388 e. The normalized spacial score (nSPS) is 10.4. The lowest BCUT2D eigenvalue weighted by Gasteiger charge is -1.95. The number of halogens is 1. The second kappa shape index (κ2) is 4.05. The Bertz CT molecular complexity index is 442. The van der Waals surface area contributed by atoms with Gasteiger partial charge in [0.1, 0.15) is 6.61 Å². The Morgan fingerprint density at radius 1 is 1.36 bits per heavy atom. The number of aliphatic hydroxyl groups is 1. The molecule has 0 atom stereocenters. The molecule has 1 N–H and O–H groups in total. The SMILES string of the molecule is OCc1noc(-c2ccccc2I)n1. The number of benzene rings is 1. The van der Waals surface area contributed by atoms with E-state index in [0.717, 1.165) is 9.13 Å². The fourth-order valence-electron chi connectivity index (χ4n) is 1.06. The second-order valence-electron chi connectivity index (χ2n) is 2.65. The third kappa shape index (κ3) is 1.78. The molecule has 0 amide bonds. The van der Waals surface area contributed by atoms with Crippen LogP contribution in [0, 0.1) is 3.57 Å². The van der Waals surface area contributed by atoms with Gasteiger partial charge in [-0.15, -0.1) is 0 Å². The molecule has 0 aliphatic rings. The average molecular weight is 302 g/mol. The first kappa shape index (κ1) is 9.60. The molecule has 0 aliphatic heterocycles. The lowest BCUT2D eigenvalue weighted by molar-refractivity contribution is 0.264. The van der Waals surface area contributed by atoms with Crippen LogP contribution < -0.4 is 0 Å². The van der Waals surface area contributed by atoms with Gasteiger partial charge in [-0.1, -0.05) is 17.3 Å². The van der Waals surface area contributed by atoms with E-state index in [0.29, 0.717) is 11.7 Å². The summed E-state index contributed by atoms with van der Waals surface area (Å²) in [6, 6.07) is 7.70. The number of hydrogen-bond donors (Lipinski definition) is 1. The predicted octanol–water partition coefficient (Wildman–Crippen LogP) is 1.83. The Balaban J connectivity index is 2.44. The molecule has 0 spiro atoms. The highest BCUT2D eigenvalue weighted by molar-refractivity contribution is 14.1. The summed E-state index contributed by atoms with van der Waals surface area (Å²) in [5.74, 6) is 0.749. The van der Waals surface area contributed by atoms with Crippen molar-refractivity contribution in [2.45, 2.75) is 6.61 Å². The quantitative estimate of drug-likeness (QED) is 0.860. The third-order valence-electron chi connectivity index (χ3n) is 1.71. The summed E-state index contributed by atoms with van der Waals surface area (Å²) in [7, 11) is 0. The first-order valence-corrected chi connectivity index (χ1v) is 5.07. The van der Waals surface area contributed by atoms with Gasteiger partial charge in [0.15, 0.2) is 5.82 Å². The summed E-state index contributed by atoms with van der Waals surface area (Å²) in [5, 5.41) is 12.4. The van der Waals surface area contributed by atoms with E-state index in [2.05, 4.69) is 32.7 Å². The Morgan fingerprint density at radius 3 is 2.79 bits per heavy atom. The van der Waals surface area contributed by atoms with E-state index in [1.54, 1.807) is 0 Å². The zero-order valence-electron chi connectivity index (χ0n) is 7.14. The maximum atomic E-state index is 8.78. The Morgan fingerprint density at radius 2 is 2.14 bits per heavy atom. The molecule has 0 fully saturated rings. The lowest BCUT2D eigenvalue weighted by atomic mass is 10.2. The van der Waals surface area contributed by atoms with E-state index in [4.69, 9.17) is 9.63 Å². The summed E-state index contributed by atoms with van der Waals surface area (Å²) in [6.45, 7) is -0.201. The minimum atomic E-state index is -0.201. The van der Waals surface area contributed by atoms with Crippen molar-refractivity contribution < 1.29 is 9.63 Å². The van der Waals surface area contributed by atoms with Crippen LogP contribution in [0.15, 0.2) is 28.8 Å². The zero-order valence-corrected chi connectivity index (χ0v) is 9.30. The molecule has 72 valence electrons. The molecular weight excluding hydrogens is 295 g/mol. The molecule has 1 aromatic heterocycles. The van der Waals surface area contributed by atoms with Crippen LogP contribution in [0.4, 0.5) is 0 Å². The van der Waals surface area contributed by atoms with Gasteiger partial charge < -0.3 is 9.63 Å². The lowest BCUT2D eigenvalue weighted by Crippen LogP contribution is -1.86. The maximum absolute atomic E-state index is 8.78. The molecule has 4 nitrogen and oxygen atoms in total. The summed E-state index contributed by atoms with van der Waals surface area (Å²) in [5.41, 5.74) is 0.889. The van der Waals surface area contributed by atoms with Crippen molar-refractivity contribution in [1.82, 2.24) is 10.1 Å². The van der Waals surface area contributed by atoms with Gasteiger partial charge in [-0.3, -0.25) is 0 Å². The third-order valence-corrected chi connectivity index (χ3v) is 2.65. The van der Waals surface area contributed by atoms with E-state index in [1.807, 2.05) is 24.3 Å². The molecule has 0 unspecified atom stereocenters. The van der Waals surface area contributed by atoms with Crippen LogP contribution >= 0.6 is 22.6 Å². The number of rotatable bonds is 2. The topological polar surface area (TPSA) is 59.2 Å². The first-order valence-electron chi connectivity index (χ1n) is 3.99. The van der Waals surface area contributed by atoms with Gasteiger partial charge in [-0.05, 0) is 34.7 Å². The molecule has 1 heterocycles. The molecule has 0 radical (unpaired) electrons. The Kier molecular flexibility index (Phi) is 2.78. The van der Waals surface area contributed by atoms with E-state index in [9.17, 15) is 0 Å². The first-order chi connectivity index (χ1) is 6.81. The fraction of sp³-hybridized carbons (Fsp3) is 0.111. The van der Waals surface area contributed by atoms with Crippen molar-refractivity contribution in [2.75, 3.05) is 0 Å². The monoisotopic (exact) mass is 302 g/mol. The summed E-state index contributed by atoms with van der Waals surface area (Å²) >= 11 is 2.19. The predicted molar refractivity (Wildman–Crippen MR) is 58.4 cm³/mol. The standard InChI is InChI=1S/C9H7IN2O2/c10-7-4-2-1-3-6(7)9-11-8(5-13)12-14-9/h1-4,13H,5H2. The van der Waals surface area contributed by atoms with Crippen molar-refractivity contribution in [3.63, 3.8) is 0 Å². The highest BCUT2D eigenvalue weighted by Gasteiger charge is 2.10. The van der Waals surface area contributed by atoms with E-state index in [1.165, 1.54) is 0 Å². The number of aromatic nitrogens is 2.